The van der Waals surface area contributed by atoms with Crippen molar-refractivity contribution in [3.8, 4) is 0 Å². The number of aliphatic hydroxyl groups excluding tert-OH is 1. The van der Waals surface area contributed by atoms with Gasteiger partial charge in [-0.05, 0) is 43.0 Å². The minimum atomic E-state index is 0.0931. The van der Waals surface area contributed by atoms with E-state index in [0.29, 0.717) is 5.92 Å². The van der Waals surface area contributed by atoms with Crippen LogP contribution >= 0.6 is 15.9 Å². The summed E-state index contributed by atoms with van der Waals surface area (Å²) in [5.74, 6) is 0.530. The van der Waals surface area contributed by atoms with Crippen molar-refractivity contribution in [3.05, 3.63) is 34.3 Å². The summed E-state index contributed by atoms with van der Waals surface area (Å²) in [6.07, 6.45) is 2.07. The molecular weight excluding hydrogens is 316 g/mol. The maximum Gasteiger partial charge on any atom is 0.0589 e. The lowest BCUT2D eigenvalue weighted by atomic mass is 9.94. The molecule has 1 aromatic rings. The Morgan fingerprint density at radius 1 is 1.40 bits per heavy atom. The number of rotatable bonds is 5. The van der Waals surface area contributed by atoms with Crippen LogP contribution in [0.2, 0.25) is 0 Å². The average Bonchev–Trinajstić information content (AvgIpc) is 2.82. The van der Waals surface area contributed by atoms with Crippen molar-refractivity contribution in [2.45, 2.75) is 44.8 Å². The fourth-order valence-corrected chi connectivity index (χ4v) is 3.50. The number of aliphatic hydroxyl groups is 1. The molecule has 2 rings (SSSR count). The third kappa shape index (κ3) is 3.25. The first kappa shape index (κ1) is 16.0. The van der Waals surface area contributed by atoms with Crippen LogP contribution in [0, 0.1) is 5.92 Å². The second-order valence-corrected chi connectivity index (χ2v) is 6.74. The molecule has 112 valence electrons. The highest BCUT2D eigenvalue weighted by Gasteiger charge is 2.37. The molecule has 1 aliphatic rings. The van der Waals surface area contributed by atoms with Crippen LogP contribution in [0.5, 0.6) is 0 Å². The lowest BCUT2D eigenvalue weighted by molar-refractivity contribution is 0.0894. The number of likely N-dealkylation sites (tertiary alicyclic amines) is 1. The fourth-order valence-electron chi connectivity index (χ4n) is 3.24. The van der Waals surface area contributed by atoms with Gasteiger partial charge in [0.1, 0.15) is 0 Å². The topological polar surface area (TPSA) is 49.5 Å². The van der Waals surface area contributed by atoms with E-state index >= 15 is 0 Å². The first-order valence-corrected chi connectivity index (χ1v) is 8.25. The Bertz CT molecular complexity index is 423. The predicted molar refractivity (Wildman–Crippen MR) is 86.5 cm³/mol. The average molecular weight is 341 g/mol. The van der Waals surface area contributed by atoms with Gasteiger partial charge in [0.2, 0.25) is 0 Å². The van der Waals surface area contributed by atoms with Crippen molar-refractivity contribution in [2.24, 2.45) is 11.7 Å². The van der Waals surface area contributed by atoms with Crippen molar-refractivity contribution in [1.29, 1.82) is 0 Å². The van der Waals surface area contributed by atoms with Gasteiger partial charge in [-0.1, -0.05) is 41.9 Å². The van der Waals surface area contributed by atoms with Gasteiger partial charge in [0, 0.05) is 16.6 Å². The van der Waals surface area contributed by atoms with E-state index in [0.717, 1.165) is 23.9 Å². The van der Waals surface area contributed by atoms with Crippen molar-refractivity contribution in [3.63, 3.8) is 0 Å². The highest BCUT2D eigenvalue weighted by Crippen LogP contribution is 2.35. The summed E-state index contributed by atoms with van der Waals surface area (Å²) in [5, 5.41) is 9.71. The lowest BCUT2D eigenvalue weighted by Gasteiger charge is -2.37. The molecule has 1 aliphatic heterocycles. The standard InChI is InChI=1S/C16H25BrN2O/c1-3-14(18)16(12-4-6-13(17)7-5-12)19-9-8-11(2)15(19)10-20/h4-7,11,14-16,20H,3,8-10,18H2,1-2H3. The number of halogens is 1. The van der Waals surface area contributed by atoms with E-state index in [9.17, 15) is 5.11 Å². The summed E-state index contributed by atoms with van der Waals surface area (Å²) in [6.45, 7) is 5.58. The second kappa shape index (κ2) is 7.03. The van der Waals surface area contributed by atoms with Crippen LogP contribution in [0.25, 0.3) is 0 Å². The van der Waals surface area contributed by atoms with Crippen LogP contribution in [0.3, 0.4) is 0 Å². The van der Waals surface area contributed by atoms with E-state index in [1.54, 1.807) is 0 Å². The van der Waals surface area contributed by atoms with Crippen LogP contribution in [0.1, 0.15) is 38.3 Å². The molecule has 3 nitrogen and oxygen atoms in total. The molecule has 20 heavy (non-hydrogen) atoms. The van der Waals surface area contributed by atoms with Gasteiger partial charge >= 0.3 is 0 Å². The maximum absolute atomic E-state index is 9.71. The molecule has 1 saturated heterocycles. The Balaban J connectivity index is 2.30. The number of nitrogens with two attached hydrogens (primary N) is 1. The molecule has 1 heterocycles. The Hall–Kier alpha value is -0.420. The number of nitrogens with zero attached hydrogens (tertiary/aromatic N) is 1. The monoisotopic (exact) mass is 340 g/mol. The summed E-state index contributed by atoms with van der Waals surface area (Å²) in [4.78, 5) is 2.40. The molecule has 0 amide bonds. The van der Waals surface area contributed by atoms with Gasteiger partial charge in [-0.25, -0.2) is 0 Å². The molecule has 4 heteroatoms. The van der Waals surface area contributed by atoms with Gasteiger partial charge in [-0.15, -0.1) is 0 Å². The van der Waals surface area contributed by atoms with Crippen LogP contribution in [-0.2, 0) is 0 Å². The summed E-state index contributed by atoms with van der Waals surface area (Å²) in [6, 6.07) is 8.92. The van der Waals surface area contributed by atoms with Crippen LogP contribution < -0.4 is 5.73 Å². The molecule has 1 fully saturated rings. The quantitative estimate of drug-likeness (QED) is 0.866. The van der Waals surface area contributed by atoms with Crippen LogP contribution in [0.4, 0.5) is 0 Å². The van der Waals surface area contributed by atoms with Crippen molar-refractivity contribution in [1.82, 2.24) is 4.90 Å². The summed E-state index contributed by atoms with van der Waals surface area (Å²) < 4.78 is 1.08. The first-order valence-electron chi connectivity index (χ1n) is 7.46. The van der Waals surface area contributed by atoms with Crippen LogP contribution in [0.15, 0.2) is 28.7 Å². The number of hydrogen-bond acceptors (Lipinski definition) is 3. The first-order chi connectivity index (χ1) is 9.58. The second-order valence-electron chi connectivity index (χ2n) is 5.82. The maximum atomic E-state index is 9.71. The fraction of sp³-hybridized carbons (Fsp3) is 0.625. The molecular formula is C16H25BrN2O. The predicted octanol–water partition coefficient (Wildman–Crippen LogP) is 2.93. The highest BCUT2D eigenvalue weighted by molar-refractivity contribution is 9.10. The summed E-state index contributed by atoms with van der Waals surface area (Å²) in [5.41, 5.74) is 7.64. The van der Waals surface area contributed by atoms with E-state index in [1.807, 2.05) is 0 Å². The lowest BCUT2D eigenvalue weighted by Crippen LogP contribution is -2.45. The zero-order chi connectivity index (χ0) is 14.7. The smallest absolute Gasteiger partial charge is 0.0589 e. The SMILES string of the molecule is CCC(N)C(c1ccc(Br)cc1)N1CCC(C)C1CO. The highest BCUT2D eigenvalue weighted by atomic mass is 79.9. The minimum Gasteiger partial charge on any atom is -0.395 e. The number of hydrogen-bond donors (Lipinski definition) is 2. The molecule has 0 radical (unpaired) electrons. The van der Waals surface area contributed by atoms with E-state index in [4.69, 9.17) is 5.73 Å². The molecule has 3 N–H and O–H groups in total. The van der Waals surface area contributed by atoms with Crippen molar-refractivity contribution in [2.75, 3.05) is 13.2 Å². The largest absolute Gasteiger partial charge is 0.395 e. The van der Waals surface area contributed by atoms with Gasteiger partial charge < -0.3 is 10.8 Å². The van der Waals surface area contributed by atoms with E-state index in [-0.39, 0.29) is 24.7 Å². The Kier molecular flexibility index (Phi) is 5.61. The molecule has 0 aliphatic carbocycles. The summed E-state index contributed by atoms with van der Waals surface area (Å²) >= 11 is 3.48. The molecule has 0 aromatic heterocycles. The summed E-state index contributed by atoms with van der Waals surface area (Å²) in [7, 11) is 0. The Labute approximate surface area is 130 Å². The van der Waals surface area contributed by atoms with Gasteiger partial charge in [0.25, 0.3) is 0 Å². The molecule has 4 atom stereocenters. The molecule has 0 saturated carbocycles. The van der Waals surface area contributed by atoms with E-state index < -0.39 is 0 Å². The van der Waals surface area contributed by atoms with E-state index in [1.165, 1.54) is 5.56 Å². The third-order valence-corrected chi connectivity index (χ3v) is 5.09. The van der Waals surface area contributed by atoms with E-state index in [2.05, 4.69) is 58.9 Å². The third-order valence-electron chi connectivity index (χ3n) is 4.56. The van der Waals surface area contributed by atoms with Gasteiger partial charge in [-0.3, -0.25) is 4.90 Å². The minimum absolute atomic E-state index is 0.0931. The zero-order valence-electron chi connectivity index (χ0n) is 12.3. The zero-order valence-corrected chi connectivity index (χ0v) is 13.9. The molecule has 0 bridgehead atoms. The number of benzene rings is 1. The van der Waals surface area contributed by atoms with Gasteiger partial charge in [0.05, 0.1) is 12.6 Å². The molecule has 1 aromatic carbocycles. The Morgan fingerprint density at radius 2 is 2.05 bits per heavy atom. The normalized spacial score (nSPS) is 26.6. The van der Waals surface area contributed by atoms with Crippen molar-refractivity contribution < 1.29 is 5.11 Å². The van der Waals surface area contributed by atoms with Crippen LogP contribution in [-0.4, -0.2) is 35.2 Å². The van der Waals surface area contributed by atoms with Gasteiger partial charge in [-0.2, -0.15) is 0 Å². The Morgan fingerprint density at radius 3 is 2.60 bits per heavy atom. The molecule has 0 spiro atoms. The molecule has 4 unspecified atom stereocenters. The van der Waals surface area contributed by atoms with Gasteiger partial charge in [0.15, 0.2) is 0 Å². The van der Waals surface area contributed by atoms with Crippen molar-refractivity contribution >= 4 is 15.9 Å².